The van der Waals surface area contributed by atoms with E-state index >= 15 is 0 Å². The highest BCUT2D eigenvalue weighted by Gasteiger charge is 2.29. The van der Waals surface area contributed by atoms with Gasteiger partial charge in [0.1, 0.15) is 6.61 Å². The molecule has 1 N–H and O–H groups in total. The second-order valence-electron chi connectivity index (χ2n) is 3.37. The van der Waals surface area contributed by atoms with E-state index in [2.05, 4.69) is 5.32 Å². The van der Waals surface area contributed by atoms with Crippen molar-refractivity contribution in [1.82, 2.24) is 5.32 Å². The van der Waals surface area contributed by atoms with Gasteiger partial charge in [-0.15, -0.1) is 0 Å². The summed E-state index contributed by atoms with van der Waals surface area (Å²) in [5, 5.41) is 2.50. The molecule has 0 aliphatic carbocycles. The van der Waals surface area contributed by atoms with Crippen LogP contribution in [0.5, 0.6) is 0 Å². The zero-order chi connectivity index (χ0) is 11.3. The first kappa shape index (κ1) is 12.3. The Morgan fingerprint density at radius 2 is 2.20 bits per heavy atom. The minimum absolute atomic E-state index is 0.00633. The van der Waals surface area contributed by atoms with Crippen LogP contribution in [0.1, 0.15) is 6.42 Å². The fourth-order valence-corrected chi connectivity index (χ4v) is 3.01. The van der Waals surface area contributed by atoms with Crippen LogP contribution in [0.15, 0.2) is 0 Å². The summed E-state index contributed by atoms with van der Waals surface area (Å²) in [7, 11) is -1.46. The Morgan fingerprint density at radius 3 is 2.73 bits per heavy atom. The van der Waals surface area contributed by atoms with Crippen LogP contribution < -0.4 is 5.32 Å². The van der Waals surface area contributed by atoms with E-state index in [0.717, 1.165) is 0 Å². The molecule has 6 nitrogen and oxygen atoms in total. The highest BCUT2D eigenvalue weighted by molar-refractivity contribution is 7.91. The molecule has 1 rings (SSSR count). The molecule has 0 aromatic heterocycles. The van der Waals surface area contributed by atoms with Gasteiger partial charge >= 0.3 is 6.09 Å². The van der Waals surface area contributed by atoms with Crippen LogP contribution in [-0.2, 0) is 19.3 Å². The number of carbonyl (C=O) groups excluding carboxylic acids is 1. The van der Waals surface area contributed by atoms with Crippen molar-refractivity contribution < 1.29 is 22.7 Å². The molecule has 1 heterocycles. The number of methoxy groups -OCH3 is 1. The van der Waals surface area contributed by atoms with Gasteiger partial charge in [-0.05, 0) is 6.42 Å². The summed E-state index contributed by atoms with van der Waals surface area (Å²) in [6.07, 6.45) is -0.129. The maximum absolute atomic E-state index is 11.1. The second-order valence-corrected chi connectivity index (χ2v) is 5.60. The topological polar surface area (TPSA) is 81.7 Å². The number of sulfone groups is 1. The van der Waals surface area contributed by atoms with E-state index < -0.39 is 15.9 Å². The minimum atomic E-state index is -2.96. The van der Waals surface area contributed by atoms with Crippen molar-refractivity contribution in [2.24, 2.45) is 0 Å². The molecule has 0 saturated carbocycles. The molecule has 0 unspecified atom stereocenters. The molecule has 0 radical (unpaired) electrons. The van der Waals surface area contributed by atoms with Gasteiger partial charge in [-0.3, -0.25) is 0 Å². The van der Waals surface area contributed by atoms with Crippen molar-refractivity contribution in [3.05, 3.63) is 0 Å². The van der Waals surface area contributed by atoms with E-state index in [9.17, 15) is 13.2 Å². The molecule has 1 atom stereocenters. The lowest BCUT2D eigenvalue weighted by atomic mass is 10.3. The summed E-state index contributed by atoms with van der Waals surface area (Å²) >= 11 is 0. The molecule has 0 bridgehead atoms. The molecule has 7 heteroatoms. The number of ether oxygens (including phenoxy) is 2. The van der Waals surface area contributed by atoms with Crippen LogP contribution in [0.3, 0.4) is 0 Å². The third-order valence-corrected chi connectivity index (χ3v) is 3.84. The SMILES string of the molecule is COCCOC(=O)N[C@@H]1CCS(=O)(=O)C1. The lowest BCUT2D eigenvalue weighted by Gasteiger charge is -2.10. The zero-order valence-corrected chi connectivity index (χ0v) is 9.38. The number of carbonyl (C=O) groups is 1. The number of hydrogen-bond acceptors (Lipinski definition) is 5. The second kappa shape index (κ2) is 5.32. The Hall–Kier alpha value is -0.820. The number of alkyl carbamates (subject to hydrolysis) is 1. The van der Waals surface area contributed by atoms with Crippen molar-refractivity contribution in [3.63, 3.8) is 0 Å². The average Bonchev–Trinajstić information content (AvgIpc) is 2.46. The Morgan fingerprint density at radius 1 is 1.47 bits per heavy atom. The van der Waals surface area contributed by atoms with E-state index in [0.29, 0.717) is 13.0 Å². The van der Waals surface area contributed by atoms with Gasteiger partial charge in [0, 0.05) is 13.2 Å². The molecule has 1 amide bonds. The predicted octanol–water partition coefficient (Wildman–Crippen LogP) is -0.454. The molecule has 0 aromatic carbocycles. The van der Waals surface area contributed by atoms with Gasteiger partial charge in [0.2, 0.25) is 0 Å². The van der Waals surface area contributed by atoms with Gasteiger partial charge < -0.3 is 14.8 Å². The van der Waals surface area contributed by atoms with E-state index in [4.69, 9.17) is 9.47 Å². The van der Waals surface area contributed by atoms with Gasteiger partial charge in [0.15, 0.2) is 9.84 Å². The van der Waals surface area contributed by atoms with E-state index in [1.807, 2.05) is 0 Å². The number of rotatable bonds is 4. The highest BCUT2D eigenvalue weighted by Crippen LogP contribution is 2.11. The normalized spacial score (nSPS) is 23.7. The lowest BCUT2D eigenvalue weighted by molar-refractivity contribution is 0.0970. The Labute approximate surface area is 88.9 Å². The molecule has 0 spiro atoms. The molecular formula is C8H15NO5S. The lowest BCUT2D eigenvalue weighted by Crippen LogP contribution is -2.36. The van der Waals surface area contributed by atoms with Gasteiger partial charge in [-0.25, -0.2) is 13.2 Å². The number of amides is 1. The maximum atomic E-state index is 11.1. The third kappa shape index (κ3) is 4.48. The molecule has 1 fully saturated rings. The van der Waals surface area contributed by atoms with Crippen LogP contribution >= 0.6 is 0 Å². The summed E-state index contributed by atoms with van der Waals surface area (Å²) in [4.78, 5) is 11.1. The molecular weight excluding hydrogens is 222 g/mol. The molecule has 15 heavy (non-hydrogen) atoms. The van der Waals surface area contributed by atoms with Crippen LogP contribution in [0, 0.1) is 0 Å². The predicted molar refractivity (Wildman–Crippen MR) is 53.4 cm³/mol. The molecule has 1 saturated heterocycles. The standard InChI is InChI=1S/C8H15NO5S/c1-13-3-4-14-8(10)9-7-2-5-15(11,12)6-7/h7H,2-6H2,1H3,(H,9,10)/t7-/m1/s1. The van der Waals surface area contributed by atoms with Crippen molar-refractivity contribution in [2.75, 3.05) is 31.8 Å². The third-order valence-electron chi connectivity index (χ3n) is 2.08. The van der Waals surface area contributed by atoms with Crippen LogP contribution in [-0.4, -0.2) is 52.4 Å². The smallest absolute Gasteiger partial charge is 0.407 e. The van der Waals surface area contributed by atoms with Gasteiger partial charge in [-0.1, -0.05) is 0 Å². The van der Waals surface area contributed by atoms with Crippen molar-refractivity contribution >= 4 is 15.9 Å². The Kier molecular flexibility index (Phi) is 4.34. The van der Waals surface area contributed by atoms with Crippen molar-refractivity contribution in [1.29, 1.82) is 0 Å². The quantitative estimate of drug-likeness (QED) is 0.669. The zero-order valence-electron chi connectivity index (χ0n) is 8.56. The number of nitrogens with one attached hydrogen (secondary N) is 1. The first-order valence-corrected chi connectivity index (χ1v) is 6.48. The summed E-state index contributed by atoms with van der Waals surface area (Å²) in [5.41, 5.74) is 0. The Bertz CT molecular complexity index is 313. The summed E-state index contributed by atoms with van der Waals surface area (Å²) in [6, 6.07) is -0.315. The molecule has 1 aliphatic heterocycles. The van der Waals surface area contributed by atoms with Crippen LogP contribution in [0.25, 0.3) is 0 Å². The van der Waals surface area contributed by atoms with Crippen LogP contribution in [0.4, 0.5) is 4.79 Å². The Balaban J connectivity index is 2.22. The highest BCUT2D eigenvalue weighted by atomic mass is 32.2. The van der Waals surface area contributed by atoms with Crippen LogP contribution in [0.2, 0.25) is 0 Å². The minimum Gasteiger partial charge on any atom is -0.447 e. The summed E-state index contributed by atoms with van der Waals surface area (Å²) in [6.45, 7) is 0.498. The number of hydrogen-bond donors (Lipinski definition) is 1. The van der Waals surface area contributed by atoms with E-state index in [1.165, 1.54) is 7.11 Å². The average molecular weight is 237 g/mol. The molecule has 1 aliphatic rings. The fourth-order valence-electron chi connectivity index (χ4n) is 1.33. The van der Waals surface area contributed by atoms with E-state index in [-0.39, 0.29) is 24.2 Å². The van der Waals surface area contributed by atoms with Crippen molar-refractivity contribution in [2.45, 2.75) is 12.5 Å². The summed E-state index contributed by atoms with van der Waals surface area (Å²) < 4.78 is 31.6. The maximum Gasteiger partial charge on any atom is 0.407 e. The molecule has 0 aromatic rings. The van der Waals surface area contributed by atoms with Crippen molar-refractivity contribution in [3.8, 4) is 0 Å². The largest absolute Gasteiger partial charge is 0.447 e. The van der Waals surface area contributed by atoms with Gasteiger partial charge in [-0.2, -0.15) is 0 Å². The van der Waals surface area contributed by atoms with Gasteiger partial charge in [0.05, 0.1) is 18.1 Å². The monoisotopic (exact) mass is 237 g/mol. The van der Waals surface area contributed by atoms with Gasteiger partial charge in [0.25, 0.3) is 0 Å². The first-order chi connectivity index (χ1) is 7.03. The summed E-state index contributed by atoms with van der Waals surface area (Å²) in [5.74, 6) is 0.141. The fraction of sp³-hybridized carbons (Fsp3) is 0.875. The first-order valence-electron chi connectivity index (χ1n) is 4.66. The molecule has 88 valence electrons. The van der Waals surface area contributed by atoms with E-state index in [1.54, 1.807) is 0 Å².